The molecule has 142 valence electrons. The maximum Gasteiger partial charge on any atom is 0.251 e. The minimum Gasteiger partial charge on any atom is -0.349 e. The predicted octanol–water partition coefficient (Wildman–Crippen LogP) is 3.56. The van der Waals surface area contributed by atoms with Crippen LogP contribution in [0.2, 0.25) is 0 Å². The lowest BCUT2D eigenvalue weighted by molar-refractivity contribution is -0.117. The second kappa shape index (κ2) is 9.72. The fourth-order valence-corrected chi connectivity index (χ4v) is 3.92. The number of amides is 2. The van der Waals surface area contributed by atoms with Crippen LogP contribution < -0.4 is 10.6 Å². The van der Waals surface area contributed by atoms with E-state index in [-0.39, 0.29) is 11.8 Å². The molecule has 1 aliphatic carbocycles. The summed E-state index contributed by atoms with van der Waals surface area (Å²) in [4.78, 5) is 26.8. The van der Waals surface area contributed by atoms with Crippen LogP contribution in [-0.4, -0.2) is 42.4 Å². The molecule has 26 heavy (non-hydrogen) atoms. The molecule has 2 aliphatic rings. The first kappa shape index (κ1) is 18.9. The minimum atomic E-state index is -0.0145. The molecular weight excluding hydrogens is 326 g/mol. The molecule has 1 saturated carbocycles. The maximum absolute atomic E-state index is 12.3. The zero-order valence-electron chi connectivity index (χ0n) is 15.6. The van der Waals surface area contributed by atoms with Crippen LogP contribution in [0.1, 0.15) is 68.1 Å². The van der Waals surface area contributed by atoms with Gasteiger partial charge in [-0.05, 0) is 63.0 Å². The Balaban J connectivity index is 1.47. The molecule has 2 amide bonds. The van der Waals surface area contributed by atoms with Gasteiger partial charge in [0.15, 0.2) is 0 Å². The Labute approximate surface area is 156 Å². The van der Waals surface area contributed by atoms with Gasteiger partial charge in [-0.2, -0.15) is 0 Å². The molecule has 3 rings (SSSR count). The number of benzene rings is 1. The summed E-state index contributed by atoms with van der Waals surface area (Å²) in [5.41, 5.74) is 1.40. The lowest BCUT2D eigenvalue weighted by Crippen LogP contribution is -2.36. The third-order valence-electron chi connectivity index (χ3n) is 5.44. The van der Waals surface area contributed by atoms with Gasteiger partial charge in [-0.25, -0.2) is 0 Å². The first-order valence-electron chi connectivity index (χ1n) is 10.1. The van der Waals surface area contributed by atoms with Crippen LogP contribution in [0.3, 0.4) is 0 Å². The van der Waals surface area contributed by atoms with Gasteiger partial charge in [-0.15, -0.1) is 0 Å². The van der Waals surface area contributed by atoms with Crippen molar-refractivity contribution in [3.8, 4) is 0 Å². The summed E-state index contributed by atoms with van der Waals surface area (Å²) >= 11 is 0. The van der Waals surface area contributed by atoms with E-state index in [0.29, 0.717) is 18.2 Å². The fourth-order valence-electron chi connectivity index (χ4n) is 3.92. The molecule has 0 spiro atoms. The lowest BCUT2D eigenvalue weighted by atomic mass is 9.95. The highest BCUT2D eigenvalue weighted by molar-refractivity contribution is 5.96. The van der Waals surface area contributed by atoms with Gasteiger partial charge in [-0.1, -0.05) is 32.1 Å². The van der Waals surface area contributed by atoms with E-state index in [1.54, 1.807) is 12.1 Å². The van der Waals surface area contributed by atoms with Crippen LogP contribution in [0.5, 0.6) is 0 Å². The molecule has 0 unspecified atom stereocenters. The van der Waals surface area contributed by atoms with E-state index in [2.05, 4.69) is 15.5 Å². The largest absolute Gasteiger partial charge is 0.349 e. The second-order valence-corrected chi connectivity index (χ2v) is 7.62. The Kier molecular flexibility index (Phi) is 7.06. The van der Waals surface area contributed by atoms with E-state index in [9.17, 15) is 9.59 Å². The molecule has 0 bridgehead atoms. The number of anilines is 1. The number of hydrogen-bond donors (Lipinski definition) is 2. The minimum absolute atomic E-state index is 0.0145. The van der Waals surface area contributed by atoms with Crippen molar-refractivity contribution < 1.29 is 9.59 Å². The summed E-state index contributed by atoms with van der Waals surface area (Å²) in [6.45, 7) is 2.46. The first-order chi connectivity index (χ1) is 12.7. The molecule has 0 aromatic heterocycles. The second-order valence-electron chi connectivity index (χ2n) is 7.62. The zero-order valence-corrected chi connectivity index (χ0v) is 15.6. The predicted molar refractivity (Wildman–Crippen MR) is 104 cm³/mol. The Hall–Kier alpha value is -1.88. The molecule has 0 radical (unpaired) electrons. The topological polar surface area (TPSA) is 61.4 Å². The third kappa shape index (κ3) is 5.84. The monoisotopic (exact) mass is 357 g/mol. The van der Waals surface area contributed by atoms with Crippen LogP contribution in [0.25, 0.3) is 0 Å². The Morgan fingerprint density at radius 3 is 2.15 bits per heavy atom. The van der Waals surface area contributed by atoms with Crippen LogP contribution >= 0.6 is 0 Å². The van der Waals surface area contributed by atoms with E-state index in [0.717, 1.165) is 31.6 Å². The van der Waals surface area contributed by atoms with Crippen LogP contribution in [0, 0.1) is 0 Å². The number of rotatable bonds is 5. The third-order valence-corrected chi connectivity index (χ3v) is 5.44. The highest BCUT2D eigenvalue weighted by atomic mass is 16.2. The molecule has 0 atom stereocenters. The van der Waals surface area contributed by atoms with Crippen LogP contribution in [0.15, 0.2) is 24.3 Å². The van der Waals surface area contributed by atoms with Gasteiger partial charge in [0, 0.05) is 17.3 Å². The van der Waals surface area contributed by atoms with E-state index in [4.69, 9.17) is 0 Å². The Bertz CT molecular complexity index is 586. The first-order valence-corrected chi connectivity index (χ1v) is 10.1. The van der Waals surface area contributed by atoms with Crippen molar-refractivity contribution in [2.45, 2.75) is 63.8 Å². The van der Waals surface area contributed by atoms with Gasteiger partial charge in [-0.3, -0.25) is 14.5 Å². The summed E-state index contributed by atoms with van der Waals surface area (Å²) in [7, 11) is 0. The zero-order chi connectivity index (χ0) is 18.2. The summed E-state index contributed by atoms with van der Waals surface area (Å²) < 4.78 is 0. The number of nitrogens with zero attached hydrogens (tertiary/aromatic N) is 1. The number of likely N-dealkylation sites (tertiary alicyclic amines) is 1. The summed E-state index contributed by atoms with van der Waals surface area (Å²) in [5, 5.41) is 6.07. The molecule has 5 nitrogen and oxygen atoms in total. The smallest absolute Gasteiger partial charge is 0.251 e. The van der Waals surface area contributed by atoms with Gasteiger partial charge in [0.25, 0.3) is 5.91 Å². The molecule has 1 aliphatic heterocycles. The molecule has 1 heterocycles. The van der Waals surface area contributed by atoms with E-state index < -0.39 is 0 Å². The summed E-state index contributed by atoms with van der Waals surface area (Å²) in [6, 6.07) is 7.52. The van der Waals surface area contributed by atoms with Crippen molar-refractivity contribution in [3.63, 3.8) is 0 Å². The van der Waals surface area contributed by atoms with Crippen LogP contribution in [-0.2, 0) is 4.79 Å². The SMILES string of the molecule is O=C(CN1CCCCCC1)Nc1ccc(C(=O)NC2CCCCC2)cc1. The molecule has 1 aromatic carbocycles. The quantitative estimate of drug-likeness (QED) is 0.847. The van der Waals surface area contributed by atoms with E-state index in [1.165, 1.54) is 44.9 Å². The van der Waals surface area contributed by atoms with E-state index >= 15 is 0 Å². The fraction of sp³-hybridized carbons (Fsp3) is 0.619. The van der Waals surface area contributed by atoms with Crippen molar-refractivity contribution in [2.75, 3.05) is 25.0 Å². The molecule has 2 N–H and O–H groups in total. The molecule has 2 fully saturated rings. The van der Waals surface area contributed by atoms with Gasteiger partial charge < -0.3 is 10.6 Å². The van der Waals surface area contributed by atoms with Crippen molar-refractivity contribution in [3.05, 3.63) is 29.8 Å². The number of hydrogen-bond acceptors (Lipinski definition) is 3. The van der Waals surface area contributed by atoms with Crippen molar-refractivity contribution in [1.29, 1.82) is 0 Å². The Morgan fingerprint density at radius 2 is 1.50 bits per heavy atom. The summed E-state index contributed by atoms with van der Waals surface area (Å²) in [6.07, 6.45) is 10.7. The van der Waals surface area contributed by atoms with Crippen molar-refractivity contribution >= 4 is 17.5 Å². The van der Waals surface area contributed by atoms with Crippen molar-refractivity contribution in [2.24, 2.45) is 0 Å². The average Bonchev–Trinajstić information content (AvgIpc) is 2.91. The van der Waals surface area contributed by atoms with Gasteiger partial charge >= 0.3 is 0 Å². The molecular formula is C21H31N3O2. The lowest BCUT2D eigenvalue weighted by Gasteiger charge is -2.22. The number of carbonyl (C=O) groups excluding carboxylic acids is 2. The highest BCUT2D eigenvalue weighted by Crippen LogP contribution is 2.18. The highest BCUT2D eigenvalue weighted by Gasteiger charge is 2.17. The summed E-state index contributed by atoms with van der Waals surface area (Å²) in [5.74, 6) is 0.00523. The molecule has 1 saturated heterocycles. The van der Waals surface area contributed by atoms with Gasteiger partial charge in [0.1, 0.15) is 0 Å². The van der Waals surface area contributed by atoms with Crippen molar-refractivity contribution in [1.82, 2.24) is 10.2 Å². The number of nitrogens with one attached hydrogen (secondary N) is 2. The van der Waals surface area contributed by atoms with E-state index in [1.807, 2.05) is 12.1 Å². The molecule has 1 aromatic rings. The van der Waals surface area contributed by atoms with Crippen LogP contribution in [0.4, 0.5) is 5.69 Å². The maximum atomic E-state index is 12.3. The van der Waals surface area contributed by atoms with Gasteiger partial charge in [0.05, 0.1) is 6.54 Å². The standard InChI is InChI=1S/C21H31N3O2/c25-20(16-24-14-6-1-2-7-15-24)22-19-12-10-17(11-13-19)21(26)23-18-8-4-3-5-9-18/h10-13,18H,1-9,14-16H2,(H,22,25)(H,23,26). The van der Waals surface area contributed by atoms with Gasteiger partial charge in [0.2, 0.25) is 5.91 Å². The Morgan fingerprint density at radius 1 is 0.885 bits per heavy atom. The molecule has 5 heteroatoms. The average molecular weight is 357 g/mol. The normalized spacial score (nSPS) is 19.5. The number of carbonyl (C=O) groups is 2.